The van der Waals surface area contributed by atoms with Crippen molar-refractivity contribution < 1.29 is 26.3 Å². The summed E-state index contributed by atoms with van der Waals surface area (Å²) in [6.45, 7) is 0.0366. The topological polar surface area (TPSA) is 46.6 Å². The Kier molecular flexibility index (Phi) is 3.62. The van der Waals surface area contributed by atoms with Crippen LogP contribution in [-0.4, -0.2) is 44.5 Å². The molecule has 1 heterocycles. The van der Waals surface area contributed by atoms with E-state index in [1.807, 2.05) is 0 Å². The normalized spacial score (nSPS) is 25.5. The molecule has 8 heteroatoms. The van der Waals surface area contributed by atoms with Crippen LogP contribution in [0.15, 0.2) is 0 Å². The summed E-state index contributed by atoms with van der Waals surface area (Å²) in [4.78, 5) is 0. The van der Waals surface area contributed by atoms with Gasteiger partial charge < -0.3 is 0 Å². The number of sulfonamides is 1. The third kappa shape index (κ3) is 4.35. The van der Waals surface area contributed by atoms with E-state index in [0.717, 1.165) is 10.6 Å². The van der Waals surface area contributed by atoms with Crippen LogP contribution >= 0.6 is 0 Å². The summed E-state index contributed by atoms with van der Waals surface area (Å²) >= 11 is 0. The average Bonchev–Trinajstić information content (AvgIpc) is 1.99. The van der Waals surface area contributed by atoms with Crippen molar-refractivity contribution in [3.8, 4) is 0 Å². The van der Waals surface area contributed by atoms with E-state index in [4.69, 9.17) is 0 Å². The van der Waals surface area contributed by atoms with E-state index in [0.29, 0.717) is 6.42 Å². The Morgan fingerprint density at radius 3 is 2.47 bits per heavy atom. The predicted octanol–water partition coefficient (Wildman–Crippen LogP) is 0.947. The van der Waals surface area contributed by atoms with Crippen molar-refractivity contribution in [3.63, 3.8) is 0 Å². The van der Waals surface area contributed by atoms with E-state index in [1.165, 1.54) is 0 Å². The molecule has 0 saturated carbocycles. The summed E-state index contributed by atoms with van der Waals surface area (Å²) in [5.41, 5.74) is 0. The van der Waals surface area contributed by atoms with Gasteiger partial charge in [-0.2, -0.15) is 4.31 Å². The Hall–Kier alpha value is -0.340. The van der Waals surface area contributed by atoms with Crippen molar-refractivity contribution >= 4 is 10.0 Å². The number of ether oxygens (including phenoxy) is 1. The van der Waals surface area contributed by atoms with Crippen molar-refractivity contribution in [1.29, 1.82) is 0 Å². The van der Waals surface area contributed by atoms with Crippen molar-refractivity contribution in [1.82, 2.24) is 4.31 Å². The van der Waals surface area contributed by atoms with Gasteiger partial charge in [0.05, 0.1) is 12.4 Å². The smallest absolute Gasteiger partial charge is 0.287 e. The lowest BCUT2D eigenvalue weighted by molar-refractivity contribution is -0.345. The summed E-state index contributed by atoms with van der Waals surface area (Å²) in [5, 5.41) is 0. The lowest BCUT2D eigenvalue weighted by Crippen LogP contribution is -2.44. The SMILES string of the molecule is CS(=O)(=O)N1CCCC(OC(F)(F)F)C1. The molecular weight excluding hydrogens is 235 g/mol. The maximum Gasteiger partial charge on any atom is 0.522 e. The van der Waals surface area contributed by atoms with Crippen molar-refractivity contribution in [2.24, 2.45) is 0 Å². The molecule has 1 aliphatic rings. The van der Waals surface area contributed by atoms with E-state index >= 15 is 0 Å². The van der Waals surface area contributed by atoms with Crippen molar-refractivity contribution in [2.45, 2.75) is 25.3 Å². The molecule has 1 atom stereocenters. The number of hydrogen-bond acceptors (Lipinski definition) is 3. The molecule has 1 aliphatic heterocycles. The zero-order chi connectivity index (χ0) is 11.7. The monoisotopic (exact) mass is 247 g/mol. The third-order valence-corrected chi connectivity index (χ3v) is 3.38. The molecule has 0 radical (unpaired) electrons. The highest BCUT2D eigenvalue weighted by Gasteiger charge is 2.36. The molecule has 1 saturated heterocycles. The second kappa shape index (κ2) is 4.26. The van der Waals surface area contributed by atoms with Crippen molar-refractivity contribution in [3.05, 3.63) is 0 Å². The second-order valence-electron chi connectivity index (χ2n) is 3.45. The molecule has 0 bridgehead atoms. The molecule has 0 aromatic heterocycles. The largest absolute Gasteiger partial charge is 0.522 e. The molecule has 1 unspecified atom stereocenters. The first-order valence-electron chi connectivity index (χ1n) is 4.38. The van der Waals surface area contributed by atoms with Gasteiger partial charge in [-0.3, -0.25) is 4.74 Å². The first kappa shape index (κ1) is 12.7. The first-order valence-corrected chi connectivity index (χ1v) is 6.23. The van der Waals surface area contributed by atoms with Crippen molar-refractivity contribution in [2.75, 3.05) is 19.3 Å². The van der Waals surface area contributed by atoms with E-state index in [1.54, 1.807) is 0 Å². The van der Waals surface area contributed by atoms with Gasteiger partial charge in [-0.15, -0.1) is 13.2 Å². The Bertz CT molecular complexity index is 314. The summed E-state index contributed by atoms with van der Waals surface area (Å²) < 4.78 is 62.6. The molecule has 15 heavy (non-hydrogen) atoms. The molecule has 90 valence electrons. The van der Waals surface area contributed by atoms with E-state index < -0.39 is 22.5 Å². The molecule has 0 spiro atoms. The average molecular weight is 247 g/mol. The maximum atomic E-state index is 11.9. The Morgan fingerprint density at radius 2 is 2.00 bits per heavy atom. The van der Waals surface area contributed by atoms with E-state index in [-0.39, 0.29) is 19.5 Å². The highest BCUT2D eigenvalue weighted by molar-refractivity contribution is 7.88. The number of rotatable bonds is 2. The molecule has 0 aromatic carbocycles. The van der Waals surface area contributed by atoms with Gasteiger partial charge in [0.2, 0.25) is 10.0 Å². The van der Waals surface area contributed by atoms with Crippen LogP contribution in [0.1, 0.15) is 12.8 Å². The number of hydrogen-bond donors (Lipinski definition) is 0. The van der Waals surface area contributed by atoms with Crippen LogP contribution in [0, 0.1) is 0 Å². The van der Waals surface area contributed by atoms with Gasteiger partial charge in [-0.05, 0) is 12.8 Å². The molecule has 1 fully saturated rings. The lowest BCUT2D eigenvalue weighted by Gasteiger charge is -2.31. The van der Waals surface area contributed by atoms with Gasteiger partial charge in [0, 0.05) is 13.1 Å². The highest BCUT2D eigenvalue weighted by atomic mass is 32.2. The lowest BCUT2D eigenvalue weighted by atomic mass is 10.1. The Labute approximate surface area is 86.1 Å². The van der Waals surface area contributed by atoms with Crippen LogP contribution in [0.25, 0.3) is 0 Å². The number of piperidine rings is 1. The van der Waals surface area contributed by atoms with Gasteiger partial charge in [0.25, 0.3) is 0 Å². The molecule has 1 rings (SSSR count). The predicted molar refractivity (Wildman–Crippen MR) is 46.6 cm³/mol. The van der Waals surface area contributed by atoms with Crippen LogP contribution in [-0.2, 0) is 14.8 Å². The molecule has 4 nitrogen and oxygen atoms in total. The second-order valence-corrected chi connectivity index (χ2v) is 5.43. The minimum Gasteiger partial charge on any atom is -0.287 e. The fourth-order valence-corrected chi connectivity index (χ4v) is 2.39. The third-order valence-electron chi connectivity index (χ3n) is 2.11. The Balaban J connectivity index is 2.57. The fraction of sp³-hybridized carbons (Fsp3) is 1.00. The van der Waals surface area contributed by atoms with Crippen LogP contribution in [0.2, 0.25) is 0 Å². The minimum atomic E-state index is -4.70. The standard InChI is InChI=1S/C7H12F3NO3S/c1-15(12,13)11-4-2-3-6(5-11)14-7(8,9)10/h6H,2-5H2,1H3. The summed E-state index contributed by atoms with van der Waals surface area (Å²) in [6, 6.07) is 0. The van der Waals surface area contributed by atoms with E-state index in [2.05, 4.69) is 4.74 Å². The van der Waals surface area contributed by atoms with Crippen LogP contribution in [0.4, 0.5) is 13.2 Å². The molecule has 0 aromatic rings. The molecule has 0 N–H and O–H groups in total. The molecule has 0 amide bonds. The number of halogens is 3. The summed E-state index contributed by atoms with van der Waals surface area (Å²) in [6.07, 6.45) is -4.21. The number of nitrogens with zero attached hydrogens (tertiary/aromatic N) is 1. The van der Waals surface area contributed by atoms with Gasteiger partial charge in [-0.1, -0.05) is 0 Å². The van der Waals surface area contributed by atoms with Crippen LogP contribution in [0.3, 0.4) is 0 Å². The first-order chi connectivity index (χ1) is 6.68. The van der Waals surface area contributed by atoms with E-state index in [9.17, 15) is 21.6 Å². The van der Waals surface area contributed by atoms with Crippen LogP contribution in [0.5, 0.6) is 0 Å². The minimum absolute atomic E-state index is 0.224. The summed E-state index contributed by atoms with van der Waals surface area (Å²) in [5.74, 6) is 0. The highest BCUT2D eigenvalue weighted by Crippen LogP contribution is 2.24. The summed E-state index contributed by atoms with van der Waals surface area (Å²) in [7, 11) is -3.43. The van der Waals surface area contributed by atoms with Gasteiger partial charge in [0.15, 0.2) is 0 Å². The zero-order valence-corrected chi connectivity index (χ0v) is 8.94. The quantitative estimate of drug-likeness (QED) is 0.729. The maximum absolute atomic E-state index is 11.9. The van der Waals surface area contributed by atoms with Gasteiger partial charge >= 0.3 is 6.36 Å². The molecular formula is C7H12F3NO3S. The van der Waals surface area contributed by atoms with Crippen LogP contribution < -0.4 is 0 Å². The molecule has 0 aliphatic carbocycles. The fourth-order valence-electron chi connectivity index (χ4n) is 1.49. The Morgan fingerprint density at radius 1 is 1.40 bits per heavy atom. The van der Waals surface area contributed by atoms with Gasteiger partial charge in [-0.25, -0.2) is 8.42 Å². The van der Waals surface area contributed by atoms with Gasteiger partial charge in [0.1, 0.15) is 0 Å². The number of alkyl halides is 3. The zero-order valence-electron chi connectivity index (χ0n) is 8.12.